The quantitative estimate of drug-likeness (QED) is 0.683. The Morgan fingerprint density at radius 3 is 3.00 bits per heavy atom. The molecule has 0 aliphatic carbocycles. The Morgan fingerprint density at radius 1 is 1.50 bits per heavy atom. The maximum atomic E-state index is 11.4. The minimum Gasteiger partial charge on any atom is -0.347 e. The van der Waals surface area contributed by atoms with E-state index in [1.54, 1.807) is 25.2 Å². The Bertz CT molecular complexity index is 454. The predicted molar refractivity (Wildman–Crippen MR) is 51.9 cm³/mol. The van der Waals surface area contributed by atoms with Crippen molar-refractivity contribution in [2.24, 2.45) is 0 Å². The van der Waals surface area contributed by atoms with E-state index in [2.05, 4.69) is 4.98 Å². The number of rotatable bonds is 2. The third-order valence-electron chi connectivity index (χ3n) is 2.12. The Kier molecular flexibility index (Phi) is 1.99. The Balaban J connectivity index is 2.27. The van der Waals surface area contributed by atoms with Crippen molar-refractivity contribution in [2.75, 3.05) is 14.1 Å². The standard InChI is InChI=1S/C9H12N4O/c1-11(2)9(14)7-12-5-3-8-10-4-6-13(8)12/h3-6H,7H2,1-2H3. The number of carbonyl (C=O) groups is 1. The van der Waals surface area contributed by atoms with Crippen molar-refractivity contribution >= 4 is 11.6 Å². The molecule has 14 heavy (non-hydrogen) atoms. The van der Waals surface area contributed by atoms with Crippen LogP contribution in [-0.2, 0) is 11.3 Å². The molecule has 0 spiro atoms. The summed E-state index contributed by atoms with van der Waals surface area (Å²) in [6.45, 7) is 0.340. The molecule has 0 fully saturated rings. The molecule has 0 radical (unpaired) electrons. The Hall–Kier alpha value is -1.78. The summed E-state index contributed by atoms with van der Waals surface area (Å²) < 4.78 is 3.67. The van der Waals surface area contributed by atoms with Gasteiger partial charge in [-0.05, 0) is 0 Å². The van der Waals surface area contributed by atoms with E-state index in [1.165, 1.54) is 0 Å². The summed E-state index contributed by atoms with van der Waals surface area (Å²) in [5.41, 5.74) is 0.858. The molecule has 0 aliphatic heterocycles. The smallest absolute Gasteiger partial charge is 0.243 e. The molecule has 0 aliphatic rings. The lowest BCUT2D eigenvalue weighted by atomic mass is 10.5. The molecule has 1 amide bonds. The lowest BCUT2D eigenvalue weighted by Gasteiger charge is -2.11. The van der Waals surface area contributed by atoms with Crippen molar-refractivity contribution in [1.82, 2.24) is 19.1 Å². The van der Waals surface area contributed by atoms with Gasteiger partial charge >= 0.3 is 0 Å². The van der Waals surface area contributed by atoms with Crippen molar-refractivity contribution in [3.8, 4) is 0 Å². The van der Waals surface area contributed by atoms with E-state index in [1.807, 2.05) is 27.7 Å². The van der Waals surface area contributed by atoms with Crippen LogP contribution in [0.25, 0.3) is 5.65 Å². The van der Waals surface area contributed by atoms with Crippen LogP contribution < -0.4 is 0 Å². The van der Waals surface area contributed by atoms with Crippen LogP contribution in [0.4, 0.5) is 0 Å². The zero-order valence-electron chi connectivity index (χ0n) is 8.21. The minimum absolute atomic E-state index is 0.0659. The van der Waals surface area contributed by atoms with Gasteiger partial charge in [-0.3, -0.25) is 9.48 Å². The molecule has 0 bridgehead atoms. The second-order valence-electron chi connectivity index (χ2n) is 3.33. The number of aromatic nitrogens is 3. The van der Waals surface area contributed by atoms with E-state index >= 15 is 0 Å². The lowest BCUT2D eigenvalue weighted by Crippen LogP contribution is -2.27. The first-order valence-corrected chi connectivity index (χ1v) is 4.37. The van der Waals surface area contributed by atoms with Crippen LogP contribution in [0, 0.1) is 0 Å². The molecule has 0 atom stereocenters. The number of imidazole rings is 1. The van der Waals surface area contributed by atoms with E-state index in [0.29, 0.717) is 6.54 Å². The highest BCUT2D eigenvalue weighted by Crippen LogP contribution is 2.01. The largest absolute Gasteiger partial charge is 0.347 e. The summed E-state index contributed by atoms with van der Waals surface area (Å²) in [6, 6.07) is 1.88. The van der Waals surface area contributed by atoms with Crippen LogP contribution in [0.2, 0.25) is 0 Å². The second kappa shape index (κ2) is 3.17. The number of likely N-dealkylation sites (N-methyl/N-ethyl adjacent to an activating group) is 1. The Morgan fingerprint density at radius 2 is 2.29 bits per heavy atom. The number of nitrogens with zero attached hydrogens (tertiary/aromatic N) is 4. The molecule has 2 rings (SSSR count). The average molecular weight is 192 g/mol. The van der Waals surface area contributed by atoms with Gasteiger partial charge in [-0.2, -0.15) is 0 Å². The summed E-state index contributed by atoms with van der Waals surface area (Å²) in [7, 11) is 3.49. The first-order valence-electron chi connectivity index (χ1n) is 4.37. The number of hydrogen-bond donors (Lipinski definition) is 0. The van der Waals surface area contributed by atoms with Crippen LogP contribution in [0.5, 0.6) is 0 Å². The van der Waals surface area contributed by atoms with E-state index in [9.17, 15) is 4.79 Å². The van der Waals surface area contributed by atoms with Crippen LogP contribution in [0.3, 0.4) is 0 Å². The molecule has 0 unspecified atom stereocenters. The zero-order chi connectivity index (χ0) is 10.1. The summed E-state index contributed by atoms with van der Waals surface area (Å²) >= 11 is 0. The highest BCUT2D eigenvalue weighted by atomic mass is 16.2. The van der Waals surface area contributed by atoms with Crippen LogP contribution in [0.15, 0.2) is 24.7 Å². The van der Waals surface area contributed by atoms with Gasteiger partial charge in [0.2, 0.25) is 5.91 Å². The molecular weight excluding hydrogens is 180 g/mol. The molecule has 5 heteroatoms. The maximum Gasteiger partial charge on any atom is 0.243 e. The highest BCUT2D eigenvalue weighted by molar-refractivity contribution is 5.75. The topological polar surface area (TPSA) is 42.5 Å². The lowest BCUT2D eigenvalue weighted by molar-refractivity contribution is -0.129. The molecule has 2 aromatic rings. The van der Waals surface area contributed by atoms with E-state index in [0.717, 1.165) is 5.65 Å². The number of hydrogen-bond acceptors (Lipinski definition) is 2. The van der Waals surface area contributed by atoms with Gasteiger partial charge < -0.3 is 4.90 Å². The molecule has 0 saturated carbocycles. The van der Waals surface area contributed by atoms with Crippen molar-refractivity contribution in [1.29, 1.82) is 0 Å². The summed E-state index contributed by atoms with van der Waals surface area (Å²) in [6.07, 6.45) is 5.40. The third-order valence-corrected chi connectivity index (χ3v) is 2.12. The van der Waals surface area contributed by atoms with E-state index < -0.39 is 0 Å². The number of carbonyl (C=O) groups excluding carboxylic acids is 1. The fourth-order valence-electron chi connectivity index (χ4n) is 1.28. The molecule has 0 saturated heterocycles. The van der Waals surface area contributed by atoms with Gasteiger partial charge in [0.15, 0.2) is 5.65 Å². The summed E-state index contributed by atoms with van der Waals surface area (Å²) in [5, 5.41) is 0. The zero-order valence-corrected chi connectivity index (χ0v) is 8.21. The average Bonchev–Trinajstić information content (AvgIpc) is 2.69. The first-order chi connectivity index (χ1) is 6.68. The second-order valence-corrected chi connectivity index (χ2v) is 3.33. The predicted octanol–water partition coefficient (Wildman–Crippen LogP) is 0.224. The van der Waals surface area contributed by atoms with E-state index in [-0.39, 0.29) is 5.91 Å². The van der Waals surface area contributed by atoms with Crippen LogP contribution in [-0.4, -0.2) is 39.1 Å². The van der Waals surface area contributed by atoms with Crippen molar-refractivity contribution in [2.45, 2.75) is 6.54 Å². The van der Waals surface area contributed by atoms with Crippen LogP contribution in [0.1, 0.15) is 0 Å². The fourth-order valence-corrected chi connectivity index (χ4v) is 1.28. The van der Waals surface area contributed by atoms with E-state index in [4.69, 9.17) is 0 Å². The normalized spacial score (nSPS) is 10.7. The van der Waals surface area contributed by atoms with Crippen molar-refractivity contribution in [3.63, 3.8) is 0 Å². The van der Waals surface area contributed by atoms with Gasteiger partial charge in [-0.25, -0.2) is 9.50 Å². The van der Waals surface area contributed by atoms with Crippen molar-refractivity contribution < 1.29 is 4.79 Å². The van der Waals surface area contributed by atoms with Gasteiger partial charge in [0.1, 0.15) is 6.54 Å². The molecule has 2 aromatic heterocycles. The maximum absolute atomic E-state index is 11.4. The Labute approximate surface area is 81.5 Å². The monoisotopic (exact) mass is 192 g/mol. The van der Waals surface area contributed by atoms with Crippen LogP contribution >= 0.6 is 0 Å². The third kappa shape index (κ3) is 1.37. The van der Waals surface area contributed by atoms with Crippen molar-refractivity contribution in [3.05, 3.63) is 24.7 Å². The molecule has 0 N–H and O–H groups in total. The SMILES string of the molecule is CN(C)C(=O)Cn1ccc2nccn21. The van der Waals surface area contributed by atoms with Gasteiger partial charge in [0.05, 0.1) is 0 Å². The molecule has 74 valence electrons. The molecule has 2 heterocycles. The summed E-state index contributed by atoms with van der Waals surface area (Å²) in [4.78, 5) is 17.1. The number of amides is 1. The van der Waals surface area contributed by atoms with Gasteiger partial charge in [-0.15, -0.1) is 0 Å². The molecule has 0 aromatic carbocycles. The van der Waals surface area contributed by atoms with Gasteiger partial charge in [0, 0.05) is 38.8 Å². The molecular formula is C9H12N4O. The molecule has 5 nitrogen and oxygen atoms in total. The summed E-state index contributed by atoms with van der Waals surface area (Å²) in [5.74, 6) is 0.0659. The number of fused-ring (bicyclic) bond motifs is 1. The first kappa shape index (κ1) is 8.80. The highest BCUT2D eigenvalue weighted by Gasteiger charge is 2.07. The van der Waals surface area contributed by atoms with Gasteiger partial charge in [0.25, 0.3) is 0 Å². The fraction of sp³-hybridized carbons (Fsp3) is 0.333. The van der Waals surface area contributed by atoms with Gasteiger partial charge in [-0.1, -0.05) is 0 Å². The minimum atomic E-state index is 0.0659.